The molecule has 0 aliphatic rings. The normalized spacial score (nSPS) is 10.6. The van der Waals surface area contributed by atoms with Gasteiger partial charge in [0, 0.05) is 43.7 Å². The molecule has 40 heavy (non-hydrogen) atoms. The molecule has 0 saturated heterocycles. The SMILES string of the molecule is COc1cc(N(C(C)=O)c2ccc([C@@H](CC(=O)[O-])NC(C)=O)cc2)ccc1NC(=O)Nc1ccccc1C.O.[Na+]. The van der Waals surface area contributed by atoms with Crippen LogP contribution in [0.2, 0.25) is 0 Å². The number of nitrogens with one attached hydrogen (secondary N) is 3. The summed E-state index contributed by atoms with van der Waals surface area (Å²) >= 11 is 0. The second kappa shape index (κ2) is 15.6. The van der Waals surface area contributed by atoms with Gasteiger partial charge in [0.05, 0.1) is 24.5 Å². The second-order valence-electron chi connectivity index (χ2n) is 8.55. The van der Waals surface area contributed by atoms with E-state index in [1.165, 1.54) is 25.9 Å². The van der Waals surface area contributed by atoms with Crippen LogP contribution in [-0.4, -0.2) is 36.4 Å². The summed E-state index contributed by atoms with van der Waals surface area (Å²) in [7, 11) is 1.45. The zero-order chi connectivity index (χ0) is 27.8. The summed E-state index contributed by atoms with van der Waals surface area (Å²) in [6.07, 6.45) is -0.390. The number of carbonyl (C=O) groups excluding carboxylic acids is 4. The molecule has 3 rings (SSSR count). The Morgan fingerprint density at radius 3 is 2.05 bits per heavy atom. The van der Waals surface area contributed by atoms with Crippen molar-refractivity contribution in [2.75, 3.05) is 22.6 Å². The summed E-state index contributed by atoms with van der Waals surface area (Å²) in [4.78, 5) is 49.2. The van der Waals surface area contributed by atoms with Crippen LogP contribution in [0.5, 0.6) is 5.75 Å². The predicted octanol–water partition coefficient (Wildman–Crippen LogP) is -0.171. The van der Waals surface area contributed by atoms with Gasteiger partial charge in [0.1, 0.15) is 5.75 Å². The van der Waals surface area contributed by atoms with Crippen molar-refractivity contribution in [1.29, 1.82) is 0 Å². The van der Waals surface area contributed by atoms with Crippen molar-refractivity contribution < 1.29 is 64.1 Å². The third-order valence-corrected chi connectivity index (χ3v) is 5.70. The number of rotatable bonds is 9. The third-order valence-electron chi connectivity index (χ3n) is 5.70. The molecule has 0 aromatic heterocycles. The summed E-state index contributed by atoms with van der Waals surface area (Å²) in [6, 6.07) is 17.6. The average Bonchev–Trinajstić information content (AvgIpc) is 2.85. The van der Waals surface area contributed by atoms with Crippen LogP contribution in [0, 0.1) is 6.92 Å². The van der Waals surface area contributed by atoms with Crippen LogP contribution in [0.3, 0.4) is 0 Å². The Morgan fingerprint density at radius 1 is 0.900 bits per heavy atom. The molecular formula is C28H31N4NaO7. The molecule has 0 radical (unpaired) electrons. The number of carbonyl (C=O) groups is 4. The van der Waals surface area contributed by atoms with E-state index in [1.54, 1.807) is 48.5 Å². The van der Waals surface area contributed by atoms with Crippen LogP contribution in [0.4, 0.5) is 27.5 Å². The quantitative estimate of drug-likeness (QED) is 0.308. The maximum Gasteiger partial charge on any atom is 1.00 e. The van der Waals surface area contributed by atoms with Crippen molar-refractivity contribution in [2.24, 2.45) is 0 Å². The molecule has 0 heterocycles. The van der Waals surface area contributed by atoms with E-state index in [4.69, 9.17) is 4.74 Å². The predicted molar refractivity (Wildman–Crippen MR) is 146 cm³/mol. The van der Waals surface area contributed by atoms with Gasteiger partial charge in [-0.15, -0.1) is 0 Å². The smallest absolute Gasteiger partial charge is 0.550 e. The Morgan fingerprint density at radius 2 is 1.50 bits per heavy atom. The van der Waals surface area contributed by atoms with E-state index < -0.39 is 24.5 Å². The molecule has 5 N–H and O–H groups in total. The first-order valence-corrected chi connectivity index (χ1v) is 11.8. The number of para-hydroxylation sites is 1. The largest absolute Gasteiger partial charge is 1.00 e. The van der Waals surface area contributed by atoms with Gasteiger partial charge in [-0.1, -0.05) is 30.3 Å². The number of hydrogen-bond donors (Lipinski definition) is 3. The van der Waals surface area contributed by atoms with Crippen molar-refractivity contribution in [3.8, 4) is 5.75 Å². The number of nitrogens with zero attached hydrogens (tertiary/aromatic N) is 1. The first kappa shape index (κ1) is 34.1. The number of urea groups is 1. The minimum absolute atomic E-state index is 0. The number of ether oxygens (including phenoxy) is 1. The van der Waals surface area contributed by atoms with Gasteiger partial charge >= 0.3 is 35.6 Å². The van der Waals surface area contributed by atoms with Crippen molar-refractivity contribution >= 4 is 46.6 Å². The number of aryl methyl sites for hydroxylation is 1. The van der Waals surface area contributed by atoms with E-state index in [1.807, 2.05) is 25.1 Å². The molecule has 0 aliphatic heterocycles. The molecule has 206 valence electrons. The summed E-state index contributed by atoms with van der Waals surface area (Å²) in [5.74, 6) is -1.62. The minimum Gasteiger partial charge on any atom is -0.550 e. The summed E-state index contributed by atoms with van der Waals surface area (Å²) in [5, 5.41) is 19.3. The number of benzene rings is 3. The number of carboxylic acids is 1. The van der Waals surface area contributed by atoms with Gasteiger partial charge < -0.3 is 36.1 Å². The fourth-order valence-electron chi connectivity index (χ4n) is 3.94. The van der Waals surface area contributed by atoms with Crippen molar-refractivity contribution in [3.05, 3.63) is 77.9 Å². The summed E-state index contributed by atoms with van der Waals surface area (Å²) in [5.41, 5.74) is 3.54. The molecule has 3 aromatic rings. The van der Waals surface area contributed by atoms with E-state index in [0.29, 0.717) is 34.1 Å². The Labute approximate surface area is 254 Å². The van der Waals surface area contributed by atoms with Gasteiger partial charge in [0.15, 0.2) is 0 Å². The summed E-state index contributed by atoms with van der Waals surface area (Å²) in [6.45, 7) is 4.59. The van der Waals surface area contributed by atoms with Gasteiger partial charge in [0.2, 0.25) is 11.8 Å². The third kappa shape index (κ3) is 9.09. The van der Waals surface area contributed by atoms with Gasteiger partial charge in [-0.25, -0.2) is 4.79 Å². The Bertz CT molecular complexity index is 1330. The average molecular weight is 559 g/mol. The van der Waals surface area contributed by atoms with Crippen LogP contribution >= 0.6 is 0 Å². The summed E-state index contributed by atoms with van der Waals surface area (Å²) < 4.78 is 5.47. The molecule has 11 nitrogen and oxygen atoms in total. The van der Waals surface area contributed by atoms with Crippen LogP contribution in [0.15, 0.2) is 66.7 Å². The Balaban J connectivity index is 0.00000400. The fraction of sp³-hybridized carbons (Fsp3) is 0.214. The van der Waals surface area contributed by atoms with Crippen molar-refractivity contribution in [1.82, 2.24) is 5.32 Å². The molecule has 0 fully saturated rings. The number of hydrogen-bond acceptors (Lipinski definition) is 6. The van der Waals surface area contributed by atoms with E-state index in [-0.39, 0.29) is 46.8 Å². The number of aliphatic carboxylic acids is 1. The van der Waals surface area contributed by atoms with Crippen LogP contribution in [-0.2, 0) is 14.4 Å². The fourth-order valence-corrected chi connectivity index (χ4v) is 3.94. The van der Waals surface area contributed by atoms with Crippen molar-refractivity contribution in [3.63, 3.8) is 0 Å². The molecular weight excluding hydrogens is 527 g/mol. The Kier molecular flexibility index (Phi) is 13.3. The second-order valence-corrected chi connectivity index (χ2v) is 8.55. The van der Waals surface area contributed by atoms with Crippen LogP contribution in [0.1, 0.15) is 37.4 Å². The zero-order valence-electron chi connectivity index (χ0n) is 23.0. The first-order valence-electron chi connectivity index (χ1n) is 11.8. The molecule has 1 atom stereocenters. The monoisotopic (exact) mass is 558 g/mol. The molecule has 0 bridgehead atoms. The number of anilines is 4. The van der Waals surface area contributed by atoms with Gasteiger partial charge in [0.25, 0.3) is 0 Å². The van der Waals surface area contributed by atoms with Crippen LogP contribution < -0.4 is 60.3 Å². The number of carboxylic acid groups (broad SMARTS) is 1. The van der Waals surface area contributed by atoms with Crippen LogP contribution in [0.25, 0.3) is 0 Å². The van der Waals surface area contributed by atoms with E-state index >= 15 is 0 Å². The van der Waals surface area contributed by atoms with Gasteiger partial charge in [-0.2, -0.15) is 0 Å². The van der Waals surface area contributed by atoms with Gasteiger partial charge in [-0.3, -0.25) is 14.5 Å². The standard InChI is InChI=1S/C28H30N4O6.Na.H2O/c1-17-7-5-6-8-23(17)30-28(37)31-24-14-13-22(15-26(24)38-4)32(19(3)34)21-11-9-20(10-12-21)25(16-27(35)36)29-18(2)33;;/h5-15,25H,16H2,1-4H3,(H,29,33)(H,35,36)(H2,30,31,37);;1H2/q;+1;/p-1/t25-;;/m1../s1. The molecule has 0 spiro atoms. The maximum absolute atomic E-state index is 12.6. The topological polar surface area (TPSA) is 171 Å². The van der Waals surface area contributed by atoms with E-state index in [0.717, 1.165) is 5.56 Å². The molecule has 4 amide bonds. The van der Waals surface area contributed by atoms with Gasteiger partial charge in [-0.05, 0) is 48.4 Å². The molecule has 0 unspecified atom stereocenters. The van der Waals surface area contributed by atoms with Crippen molar-refractivity contribution in [2.45, 2.75) is 33.2 Å². The molecule has 0 aliphatic carbocycles. The minimum atomic E-state index is -1.30. The first-order chi connectivity index (χ1) is 18.1. The maximum atomic E-state index is 12.6. The number of amides is 4. The van der Waals surface area contributed by atoms with E-state index in [9.17, 15) is 24.3 Å². The molecule has 12 heteroatoms. The number of methoxy groups -OCH3 is 1. The molecule has 3 aromatic carbocycles. The zero-order valence-corrected chi connectivity index (χ0v) is 25.0. The molecule has 0 saturated carbocycles. The Hall–Kier alpha value is -3.90. The van der Waals surface area contributed by atoms with E-state index in [2.05, 4.69) is 16.0 Å².